The normalized spacial score (nSPS) is 39.1. The van der Waals surface area contributed by atoms with Crippen LogP contribution in [-0.2, 0) is 23.7 Å². The number of nitrogens with one attached hydrogen (secondary N) is 1. The lowest BCUT2D eigenvalue weighted by Crippen LogP contribution is -2.42. The van der Waals surface area contributed by atoms with Crippen molar-refractivity contribution in [1.29, 1.82) is 0 Å². The number of carbonyl (C=O) groups excluding carboxylic acids is 1. The van der Waals surface area contributed by atoms with Gasteiger partial charge in [0.15, 0.2) is 18.2 Å². The molecular weight excluding hydrogens is 226 g/mol. The molecule has 0 aromatic rings. The summed E-state index contributed by atoms with van der Waals surface area (Å²) in [7, 11) is 1.52. The van der Waals surface area contributed by atoms with Crippen molar-refractivity contribution in [2.45, 2.75) is 51.2 Å². The van der Waals surface area contributed by atoms with Gasteiger partial charge in [0, 0.05) is 13.7 Å². The number of carbonyl (C=O) groups is 1. The van der Waals surface area contributed by atoms with Gasteiger partial charge in [0.25, 0.3) is 5.91 Å². The van der Waals surface area contributed by atoms with Crippen LogP contribution in [0.3, 0.4) is 0 Å². The van der Waals surface area contributed by atoms with E-state index in [4.69, 9.17) is 18.9 Å². The molecule has 0 bridgehead atoms. The Balaban J connectivity index is 2.12. The highest BCUT2D eigenvalue weighted by Crippen LogP contribution is 2.38. The third kappa shape index (κ3) is 2.30. The fourth-order valence-corrected chi connectivity index (χ4v) is 2.24. The van der Waals surface area contributed by atoms with E-state index in [0.717, 1.165) is 0 Å². The van der Waals surface area contributed by atoms with Gasteiger partial charge in [-0.1, -0.05) is 0 Å². The van der Waals surface area contributed by atoms with E-state index in [1.54, 1.807) is 0 Å². The van der Waals surface area contributed by atoms with Crippen molar-refractivity contribution < 1.29 is 23.7 Å². The molecule has 0 aliphatic carbocycles. The van der Waals surface area contributed by atoms with E-state index < -0.39 is 24.3 Å². The number of fused-ring (bicyclic) bond motifs is 1. The largest absolute Gasteiger partial charge is 0.354 e. The zero-order valence-corrected chi connectivity index (χ0v) is 10.6. The van der Waals surface area contributed by atoms with E-state index in [0.29, 0.717) is 6.54 Å². The second-order valence-electron chi connectivity index (χ2n) is 4.62. The Morgan fingerprint density at radius 2 is 2.00 bits per heavy atom. The Kier molecular flexibility index (Phi) is 3.40. The van der Waals surface area contributed by atoms with Gasteiger partial charge in [-0.05, 0) is 20.8 Å². The summed E-state index contributed by atoms with van der Waals surface area (Å²) in [6.07, 6.45) is -2.01. The average Bonchev–Trinajstić information content (AvgIpc) is 2.71. The Morgan fingerprint density at radius 3 is 2.59 bits per heavy atom. The molecule has 6 heteroatoms. The fourth-order valence-electron chi connectivity index (χ4n) is 2.24. The standard InChI is InChI=1S/C11H19NO5/c1-5-12-9(13)7-6-8(10(14-4)15-7)17-11(2,3)16-6/h6-8,10H,5H2,1-4H3,(H,12,13)/t6-,7+,8-,10?/m1/s1. The molecule has 1 unspecified atom stereocenters. The Hall–Kier alpha value is -0.690. The summed E-state index contributed by atoms with van der Waals surface area (Å²) in [6, 6.07) is 0. The van der Waals surface area contributed by atoms with Gasteiger partial charge in [-0.25, -0.2) is 0 Å². The van der Waals surface area contributed by atoms with Crippen LogP contribution in [0.25, 0.3) is 0 Å². The van der Waals surface area contributed by atoms with Gasteiger partial charge in [-0.3, -0.25) is 4.79 Å². The summed E-state index contributed by atoms with van der Waals surface area (Å²) in [6.45, 7) is 6.03. The molecular formula is C11H19NO5. The molecule has 1 amide bonds. The highest BCUT2D eigenvalue weighted by molar-refractivity contribution is 5.82. The molecule has 4 atom stereocenters. The van der Waals surface area contributed by atoms with Crippen molar-refractivity contribution >= 4 is 5.91 Å². The summed E-state index contributed by atoms with van der Waals surface area (Å²) in [5, 5.41) is 2.72. The van der Waals surface area contributed by atoms with Gasteiger partial charge in [-0.2, -0.15) is 0 Å². The van der Waals surface area contributed by atoms with Crippen LogP contribution in [0.2, 0.25) is 0 Å². The highest BCUT2D eigenvalue weighted by atomic mass is 16.8. The predicted molar refractivity (Wildman–Crippen MR) is 58.2 cm³/mol. The molecule has 0 aromatic heterocycles. The maximum Gasteiger partial charge on any atom is 0.252 e. The molecule has 0 saturated carbocycles. The third-order valence-electron chi connectivity index (χ3n) is 2.85. The van der Waals surface area contributed by atoms with E-state index in [1.165, 1.54) is 7.11 Å². The van der Waals surface area contributed by atoms with Gasteiger partial charge < -0.3 is 24.3 Å². The first-order valence-corrected chi connectivity index (χ1v) is 5.80. The van der Waals surface area contributed by atoms with E-state index in [9.17, 15) is 4.79 Å². The Labute approximate surface area is 101 Å². The second-order valence-corrected chi connectivity index (χ2v) is 4.62. The molecule has 2 aliphatic heterocycles. The maximum atomic E-state index is 11.8. The molecule has 0 aromatic carbocycles. The highest BCUT2D eigenvalue weighted by Gasteiger charge is 2.57. The molecule has 0 spiro atoms. The third-order valence-corrected chi connectivity index (χ3v) is 2.85. The minimum atomic E-state index is -0.708. The zero-order valence-electron chi connectivity index (χ0n) is 10.6. The van der Waals surface area contributed by atoms with Crippen LogP contribution in [0, 0.1) is 0 Å². The second kappa shape index (κ2) is 4.53. The van der Waals surface area contributed by atoms with Crippen molar-refractivity contribution in [3.63, 3.8) is 0 Å². The molecule has 2 saturated heterocycles. The Bertz CT molecular complexity index is 306. The van der Waals surface area contributed by atoms with Crippen molar-refractivity contribution in [2.75, 3.05) is 13.7 Å². The summed E-state index contributed by atoms with van der Waals surface area (Å²) in [5.74, 6) is -0.899. The van der Waals surface area contributed by atoms with Gasteiger partial charge in [0.05, 0.1) is 0 Å². The van der Waals surface area contributed by atoms with Gasteiger partial charge in [0.2, 0.25) is 0 Å². The van der Waals surface area contributed by atoms with Crippen molar-refractivity contribution in [2.24, 2.45) is 0 Å². The van der Waals surface area contributed by atoms with E-state index >= 15 is 0 Å². The lowest BCUT2D eigenvalue weighted by molar-refractivity contribution is -0.225. The van der Waals surface area contributed by atoms with Crippen molar-refractivity contribution in [3.05, 3.63) is 0 Å². The van der Waals surface area contributed by atoms with Crippen LogP contribution in [-0.4, -0.2) is 50.0 Å². The minimum absolute atomic E-state index is 0.191. The van der Waals surface area contributed by atoms with Crippen LogP contribution in [0.15, 0.2) is 0 Å². The predicted octanol–water partition coefficient (Wildman–Crippen LogP) is 0.0139. The molecule has 6 nitrogen and oxygen atoms in total. The molecule has 2 rings (SSSR count). The van der Waals surface area contributed by atoms with Crippen LogP contribution >= 0.6 is 0 Å². The van der Waals surface area contributed by atoms with Crippen LogP contribution in [0.4, 0.5) is 0 Å². The summed E-state index contributed by atoms with van der Waals surface area (Å²) < 4.78 is 22.1. The average molecular weight is 245 g/mol. The Morgan fingerprint density at radius 1 is 1.35 bits per heavy atom. The SMILES string of the molecule is CCNC(=O)[C@H]1OC(OC)[C@@H]2OC(C)(C)O[C@H]12. The van der Waals surface area contributed by atoms with Crippen LogP contribution in [0.5, 0.6) is 0 Å². The first-order valence-electron chi connectivity index (χ1n) is 5.80. The molecule has 98 valence electrons. The van der Waals surface area contributed by atoms with E-state index in [2.05, 4.69) is 5.32 Å². The number of methoxy groups -OCH3 is 1. The van der Waals surface area contributed by atoms with Crippen molar-refractivity contribution in [3.8, 4) is 0 Å². The fraction of sp³-hybridized carbons (Fsp3) is 0.909. The molecule has 0 radical (unpaired) electrons. The first-order chi connectivity index (χ1) is 7.98. The van der Waals surface area contributed by atoms with E-state index in [1.807, 2.05) is 20.8 Å². The maximum absolute atomic E-state index is 11.8. The van der Waals surface area contributed by atoms with Crippen LogP contribution < -0.4 is 5.32 Å². The number of rotatable bonds is 3. The number of hydrogen-bond acceptors (Lipinski definition) is 5. The first kappa shape index (κ1) is 12.8. The number of ether oxygens (including phenoxy) is 4. The zero-order chi connectivity index (χ0) is 12.6. The topological polar surface area (TPSA) is 66.0 Å². The lowest BCUT2D eigenvalue weighted by Gasteiger charge is -2.23. The lowest BCUT2D eigenvalue weighted by atomic mass is 10.1. The molecule has 2 heterocycles. The molecule has 1 N–H and O–H groups in total. The molecule has 2 aliphatic rings. The number of hydrogen-bond donors (Lipinski definition) is 1. The number of likely N-dealkylation sites (N-methyl/N-ethyl adjacent to an activating group) is 1. The van der Waals surface area contributed by atoms with Gasteiger partial charge in [-0.15, -0.1) is 0 Å². The van der Waals surface area contributed by atoms with E-state index in [-0.39, 0.29) is 12.0 Å². The molecule has 2 fully saturated rings. The van der Waals surface area contributed by atoms with Gasteiger partial charge in [0.1, 0.15) is 12.2 Å². The van der Waals surface area contributed by atoms with Gasteiger partial charge >= 0.3 is 0 Å². The van der Waals surface area contributed by atoms with Crippen LogP contribution in [0.1, 0.15) is 20.8 Å². The molecule has 17 heavy (non-hydrogen) atoms. The van der Waals surface area contributed by atoms with Crippen molar-refractivity contribution in [1.82, 2.24) is 5.32 Å². The monoisotopic (exact) mass is 245 g/mol. The summed E-state index contributed by atoms with van der Waals surface area (Å²) >= 11 is 0. The summed E-state index contributed by atoms with van der Waals surface area (Å²) in [5.41, 5.74) is 0. The number of amides is 1. The quantitative estimate of drug-likeness (QED) is 0.759. The minimum Gasteiger partial charge on any atom is -0.354 e. The summed E-state index contributed by atoms with van der Waals surface area (Å²) in [4.78, 5) is 11.8. The smallest absolute Gasteiger partial charge is 0.252 e.